The number of carboxylic acids is 1. The molecular weight excluding hydrogens is 292 g/mol. The van der Waals surface area contributed by atoms with Crippen molar-refractivity contribution in [3.63, 3.8) is 0 Å². The monoisotopic (exact) mass is 312 g/mol. The van der Waals surface area contributed by atoms with Crippen LogP contribution in [0.1, 0.15) is 19.4 Å². The van der Waals surface area contributed by atoms with Gasteiger partial charge in [0.15, 0.2) is 0 Å². The molecule has 1 unspecified atom stereocenters. The van der Waals surface area contributed by atoms with Crippen molar-refractivity contribution in [2.24, 2.45) is 11.8 Å². The van der Waals surface area contributed by atoms with Gasteiger partial charge in [-0.05, 0) is 23.6 Å². The first kappa shape index (κ1) is 17.3. The Labute approximate surface area is 129 Å². The van der Waals surface area contributed by atoms with E-state index in [2.05, 4.69) is 5.32 Å². The number of nitrogens with zero attached hydrogens (tertiary/aromatic N) is 1. The molecule has 1 aromatic rings. The second-order valence-corrected chi connectivity index (χ2v) is 5.80. The number of benzene rings is 1. The molecule has 0 heterocycles. The van der Waals surface area contributed by atoms with Crippen LogP contribution in [0.5, 0.6) is 0 Å². The van der Waals surface area contributed by atoms with Crippen molar-refractivity contribution in [1.82, 2.24) is 10.2 Å². The van der Waals surface area contributed by atoms with Crippen LogP contribution in [0.4, 0.5) is 4.79 Å². The average Bonchev–Trinajstić information content (AvgIpc) is 2.37. The van der Waals surface area contributed by atoms with Crippen molar-refractivity contribution in [3.8, 4) is 0 Å². The van der Waals surface area contributed by atoms with Crippen LogP contribution in [0.3, 0.4) is 0 Å². The molecule has 0 fully saturated rings. The van der Waals surface area contributed by atoms with Gasteiger partial charge in [0.1, 0.15) is 0 Å². The maximum Gasteiger partial charge on any atom is 0.317 e. The summed E-state index contributed by atoms with van der Waals surface area (Å²) >= 11 is 5.90. The number of carbonyl (C=O) groups is 2. The topological polar surface area (TPSA) is 69.6 Å². The second kappa shape index (κ2) is 7.88. The molecule has 2 N–H and O–H groups in total. The van der Waals surface area contributed by atoms with Crippen LogP contribution in [0.25, 0.3) is 0 Å². The third kappa shape index (κ3) is 5.63. The minimum absolute atomic E-state index is 0.0407. The Balaban J connectivity index is 2.53. The standard InChI is InChI=1S/C15H21ClN2O3/c1-10(2)13(14(19)20)8-17-15(21)18(3)9-11-5-4-6-12(16)7-11/h4-7,10,13H,8-9H2,1-3H3,(H,17,21)(H,19,20). The molecule has 0 aliphatic heterocycles. The molecule has 0 bridgehead atoms. The highest BCUT2D eigenvalue weighted by Gasteiger charge is 2.22. The van der Waals surface area contributed by atoms with E-state index >= 15 is 0 Å². The number of rotatable bonds is 6. The van der Waals surface area contributed by atoms with Crippen LogP contribution >= 0.6 is 11.6 Å². The Kier molecular flexibility index (Phi) is 6.49. The molecule has 0 aliphatic carbocycles. The summed E-state index contributed by atoms with van der Waals surface area (Å²) in [4.78, 5) is 24.5. The van der Waals surface area contributed by atoms with E-state index in [1.807, 2.05) is 26.0 Å². The van der Waals surface area contributed by atoms with Crippen LogP contribution in [-0.2, 0) is 11.3 Å². The summed E-state index contributed by atoms with van der Waals surface area (Å²) in [6.45, 7) is 4.17. The Hall–Kier alpha value is -1.75. The molecule has 0 saturated heterocycles. The number of carboxylic acid groups (broad SMARTS) is 1. The highest BCUT2D eigenvalue weighted by Crippen LogP contribution is 2.13. The predicted octanol–water partition coefficient (Wildman–Crippen LogP) is 2.84. The van der Waals surface area contributed by atoms with Crippen molar-refractivity contribution in [2.75, 3.05) is 13.6 Å². The Morgan fingerprint density at radius 3 is 2.57 bits per heavy atom. The smallest absolute Gasteiger partial charge is 0.317 e. The first-order chi connectivity index (χ1) is 9.81. The van der Waals surface area contributed by atoms with Gasteiger partial charge in [-0.1, -0.05) is 37.6 Å². The minimum atomic E-state index is -0.900. The van der Waals surface area contributed by atoms with E-state index in [-0.39, 0.29) is 18.5 Å². The molecule has 21 heavy (non-hydrogen) atoms. The van der Waals surface area contributed by atoms with Gasteiger partial charge < -0.3 is 15.3 Å². The van der Waals surface area contributed by atoms with Gasteiger partial charge in [0.25, 0.3) is 0 Å². The van der Waals surface area contributed by atoms with Gasteiger partial charge in [0, 0.05) is 25.2 Å². The molecular formula is C15H21ClN2O3. The lowest BCUT2D eigenvalue weighted by Crippen LogP contribution is -2.41. The van der Waals surface area contributed by atoms with Crippen LogP contribution in [0.15, 0.2) is 24.3 Å². The molecule has 1 rings (SSSR count). The fourth-order valence-corrected chi connectivity index (χ4v) is 2.13. The first-order valence-corrected chi connectivity index (χ1v) is 7.15. The quantitative estimate of drug-likeness (QED) is 0.848. The van der Waals surface area contributed by atoms with Crippen LogP contribution in [0, 0.1) is 11.8 Å². The molecule has 5 nitrogen and oxygen atoms in total. The zero-order valence-corrected chi connectivity index (χ0v) is 13.2. The first-order valence-electron chi connectivity index (χ1n) is 6.77. The molecule has 6 heteroatoms. The molecule has 0 saturated carbocycles. The number of aliphatic carboxylic acids is 1. The van der Waals surface area contributed by atoms with E-state index in [1.165, 1.54) is 4.90 Å². The van der Waals surface area contributed by atoms with Crippen LogP contribution in [-0.4, -0.2) is 35.6 Å². The van der Waals surface area contributed by atoms with Gasteiger partial charge in [0.05, 0.1) is 5.92 Å². The highest BCUT2D eigenvalue weighted by atomic mass is 35.5. The summed E-state index contributed by atoms with van der Waals surface area (Å²) in [5.41, 5.74) is 0.916. The van der Waals surface area contributed by atoms with Crippen molar-refractivity contribution >= 4 is 23.6 Å². The molecule has 0 aromatic heterocycles. The Morgan fingerprint density at radius 1 is 1.38 bits per heavy atom. The lowest BCUT2D eigenvalue weighted by molar-refractivity contribution is -0.142. The van der Waals surface area contributed by atoms with E-state index < -0.39 is 11.9 Å². The summed E-state index contributed by atoms with van der Waals surface area (Å²) < 4.78 is 0. The molecule has 2 amide bonds. The van der Waals surface area contributed by atoms with Crippen molar-refractivity contribution < 1.29 is 14.7 Å². The summed E-state index contributed by atoms with van der Waals surface area (Å²) in [7, 11) is 1.65. The van der Waals surface area contributed by atoms with Gasteiger partial charge in [-0.15, -0.1) is 0 Å². The fraction of sp³-hybridized carbons (Fsp3) is 0.467. The van der Waals surface area contributed by atoms with Crippen molar-refractivity contribution in [1.29, 1.82) is 0 Å². The van der Waals surface area contributed by atoms with Crippen molar-refractivity contribution in [2.45, 2.75) is 20.4 Å². The van der Waals surface area contributed by atoms with Crippen LogP contribution < -0.4 is 5.32 Å². The largest absolute Gasteiger partial charge is 0.481 e. The summed E-state index contributed by atoms with van der Waals surface area (Å²) in [6.07, 6.45) is 0. The number of halogens is 1. The number of nitrogens with one attached hydrogen (secondary N) is 1. The van der Waals surface area contributed by atoms with E-state index in [0.29, 0.717) is 11.6 Å². The number of urea groups is 1. The number of amides is 2. The second-order valence-electron chi connectivity index (χ2n) is 5.36. The molecule has 1 aromatic carbocycles. The van der Waals surface area contributed by atoms with Gasteiger partial charge in [0.2, 0.25) is 0 Å². The third-order valence-electron chi connectivity index (χ3n) is 3.25. The average molecular weight is 313 g/mol. The number of carbonyl (C=O) groups excluding carboxylic acids is 1. The van der Waals surface area contributed by atoms with Gasteiger partial charge in [-0.3, -0.25) is 4.79 Å². The Morgan fingerprint density at radius 2 is 2.05 bits per heavy atom. The third-order valence-corrected chi connectivity index (χ3v) is 3.49. The summed E-state index contributed by atoms with van der Waals surface area (Å²) in [6, 6.07) is 6.96. The molecule has 116 valence electrons. The van der Waals surface area contributed by atoms with Crippen LogP contribution in [0.2, 0.25) is 5.02 Å². The van der Waals surface area contributed by atoms with Gasteiger partial charge in [-0.25, -0.2) is 4.79 Å². The van der Waals surface area contributed by atoms with E-state index in [4.69, 9.17) is 16.7 Å². The zero-order chi connectivity index (χ0) is 16.0. The summed E-state index contributed by atoms with van der Waals surface area (Å²) in [5.74, 6) is -1.53. The van der Waals surface area contributed by atoms with Gasteiger partial charge in [-0.2, -0.15) is 0 Å². The lowest BCUT2D eigenvalue weighted by Gasteiger charge is -2.21. The normalized spacial score (nSPS) is 12.0. The number of hydrogen-bond acceptors (Lipinski definition) is 2. The molecule has 0 radical (unpaired) electrons. The SMILES string of the molecule is CC(C)C(CNC(=O)N(C)Cc1cccc(Cl)c1)C(=O)O. The van der Waals surface area contributed by atoms with Gasteiger partial charge >= 0.3 is 12.0 Å². The lowest BCUT2D eigenvalue weighted by atomic mass is 9.96. The highest BCUT2D eigenvalue weighted by molar-refractivity contribution is 6.30. The molecule has 0 aliphatic rings. The molecule has 1 atom stereocenters. The van der Waals surface area contributed by atoms with E-state index in [1.54, 1.807) is 19.2 Å². The predicted molar refractivity (Wildman–Crippen MR) is 82.3 cm³/mol. The zero-order valence-electron chi connectivity index (χ0n) is 12.5. The maximum absolute atomic E-state index is 12.0. The number of hydrogen-bond donors (Lipinski definition) is 2. The Bertz CT molecular complexity index is 505. The van der Waals surface area contributed by atoms with E-state index in [9.17, 15) is 9.59 Å². The molecule has 0 spiro atoms. The fourth-order valence-electron chi connectivity index (χ4n) is 1.92. The maximum atomic E-state index is 12.0. The van der Waals surface area contributed by atoms with Crippen molar-refractivity contribution in [3.05, 3.63) is 34.9 Å². The summed E-state index contributed by atoms with van der Waals surface area (Å²) in [5, 5.41) is 12.4. The van der Waals surface area contributed by atoms with E-state index in [0.717, 1.165) is 5.56 Å². The minimum Gasteiger partial charge on any atom is -0.481 e.